The predicted molar refractivity (Wildman–Crippen MR) is 97.5 cm³/mol. The van der Waals surface area contributed by atoms with E-state index < -0.39 is 0 Å². The van der Waals surface area contributed by atoms with Crippen molar-refractivity contribution in [1.82, 2.24) is 9.66 Å². The van der Waals surface area contributed by atoms with Crippen molar-refractivity contribution in [2.45, 2.75) is 13.8 Å². The summed E-state index contributed by atoms with van der Waals surface area (Å²) in [6.07, 6.45) is 0. The first-order valence-electron chi connectivity index (χ1n) is 7.18. The Bertz CT molecular complexity index is 949. The molecule has 0 spiro atoms. The number of hydrogen-bond donors (Lipinski definition) is 2. The molecular formula is C17H16N4OS. The zero-order chi connectivity index (χ0) is 16.4. The topological polar surface area (TPSA) is 58.9 Å². The number of anilines is 1. The van der Waals surface area contributed by atoms with Gasteiger partial charge in [0.1, 0.15) is 5.82 Å². The number of thiocarbonyl (C=S) groups is 1. The van der Waals surface area contributed by atoms with Crippen LogP contribution in [0.15, 0.2) is 53.3 Å². The summed E-state index contributed by atoms with van der Waals surface area (Å²) in [6.45, 7) is 3.75. The van der Waals surface area contributed by atoms with Gasteiger partial charge in [-0.3, -0.25) is 10.2 Å². The van der Waals surface area contributed by atoms with Crippen molar-refractivity contribution in [3.05, 3.63) is 70.3 Å². The van der Waals surface area contributed by atoms with Crippen LogP contribution in [0.1, 0.15) is 11.4 Å². The summed E-state index contributed by atoms with van der Waals surface area (Å²) in [5, 5.41) is 3.97. The lowest BCUT2D eigenvalue weighted by molar-refractivity contribution is 0.838. The van der Waals surface area contributed by atoms with Crippen LogP contribution in [0.3, 0.4) is 0 Å². The maximum absolute atomic E-state index is 12.6. The van der Waals surface area contributed by atoms with Crippen LogP contribution in [-0.2, 0) is 0 Å². The Balaban J connectivity index is 1.91. The lowest BCUT2D eigenvalue weighted by Gasteiger charge is -2.15. The molecule has 0 fully saturated rings. The van der Waals surface area contributed by atoms with Crippen molar-refractivity contribution < 1.29 is 0 Å². The fourth-order valence-corrected chi connectivity index (χ4v) is 2.54. The SMILES string of the molecule is Cc1ccccc1NC(=S)Nn1c(C)nc2ccccc2c1=O. The smallest absolute Gasteiger partial charge is 0.280 e. The third kappa shape index (κ3) is 3.07. The second-order valence-electron chi connectivity index (χ2n) is 5.20. The second kappa shape index (κ2) is 6.18. The van der Waals surface area contributed by atoms with Crippen LogP contribution in [0, 0.1) is 13.8 Å². The van der Waals surface area contributed by atoms with Crippen LogP contribution >= 0.6 is 12.2 Å². The molecule has 3 aromatic rings. The van der Waals surface area contributed by atoms with E-state index in [0.717, 1.165) is 11.3 Å². The lowest BCUT2D eigenvalue weighted by Crippen LogP contribution is -2.37. The highest BCUT2D eigenvalue weighted by molar-refractivity contribution is 7.80. The Labute approximate surface area is 139 Å². The Morgan fingerprint density at radius 2 is 1.78 bits per heavy atom. The lowest BCUT2D eigenvalue weighted by atomic mass is 10.2. The van der Waals surface area contributed by atoms with E-state index in [1.807, 2.05) is 49.4 Å². The highest BCUT2D eigenvalue weighted by Gasteiger charge is 2.09. The molecule has 0 aliphatic heterocycles. The van der Waals surface area contributed by atoms with Crippen LogP contribution in [0.5, 0.6) is 0 Å². The van der Waals surface area contributed by atoms with Gasteiger partial charge in [0.2, 0.25) is 0 Å². The van der Waals surface area contributed by atoms with Gasteiger partial charge in [0, 0.05) is 5.69 Å². The van der Waals surface area contributed by atoms with Gasteiger partial charge in [0.15, 0.2) is 5.11 Å². The van der Waals surface area contributed by atoms with Crippen molar-refractivity contribution in [3.8, 4) is 0 Å². The van der Waals surface area contributed by atoms with E-state index in [-0.39, 0.29) is 5.56 Å². The molecule has 116 valence electrons. The molecule has 0 bridgehead atoms. The molecule has 3 rings (SSSR count). The van der Waals surface area contributed by atoms with Gasteiger partial charge in [0.05, 0.1) is 10.9 Å². The average Bonchev–Trinajstić information content (AvgIpc) is 2.54. The fraction of sp³-hybridized carbons (Fsp3) is 0.118. The highest BCUT2D eigenvalue weighted by atomic mass is 32.1. The number of para-hydroxylation sites is 2. The first-order chi connectivity index (χ1) is 11.1. The van der Waals surface area contributed by atoms with Crippen molar-refractivity contribution in [3.63, 3.8) is 0 Å². The van der Waals surface area contributed by atoms with Crippen LogP contribution < -0.4 is 16.3 Å². The minimum Gasteiger partial charge on any atom is -0.331 e. The monoisotopic (exact) mass is 324 g/mol. The Morgan fingerprint density at radius 3 is 2.57 bits per heavy atom. The van der Waals surface area contributed by atoms with E-state index in [4.69, 9.17) is 12.2 Å². The number of aromatic nitrogens is 2. The minimum atomic E-state index is -0.179. The van der Waals surface area contributed by atoms with E-state index in [1.165, 1.54) is 4.68 Å². The number of nitrogens with zero attached hydrogens (tertiary/aromatic N) is 2. The van der Waals surface area contributed by atoms with Gasteiger partial charge >= 0.3 is 0 Å². The molecule has 0 unspecified atom stereocenters. The molecule has 0 aliphatic rings. The molecule has 23 heavy (non-hydrogen) atoms. The van der Waals surface area contributed by atoms with Gasteiger partial charge in [-0.25, -0.2) is 9.66 Å². The summed E-state index contributed by atoms with van der Waals surface area (Å²) >= 11 is 5.31. The van der Waals surface area contributed by atoms with Gasteiger partial charge < -0.3 is 5.32 Å². The zero-order valence-corrected chi connectivity index (χ0v) is 13.6. The largest absolute Gasteiger partial charge is 0.331 e. The molecule has 1 heterocycles. The van der Waals surface area contributed by atoms with Crippen LogP contribution in [-0.4, -0.2) is 14.8 Å². The van der Waals surface area contributed by atoms with Gasteiger partial charge in [-0.15, -0.1) is 0 Å². The normalized spacial score (nSPS) is 10.5. The molecule has 1 aromatic heterocycles. The quantitative estimate of drug-likeness (QED) is 0.710. The zero-order valence-electron chi connectivity index (χ0n) is 12.8. The minimum absolute atomic E-state index is 0.179. The molecule has 0 saturated carbocycles. The standard InChI is InChI=1S/C17H16N4OS/c1-11-7-3-5-9-14(11)19-17(23)20-21-12(2)18-15-10-6-4-8-13(15)16(21)22/h3-10H,1-2H3,(H2,19,20,23). The molecule has 0 amide bonds. The maximum Gasteiger partial charge on any atom is 0.280 e. The first kappa shape index (κ1) is 15.2. The molecule has 2 N–H and O–H groups in total. The molecule has 0 saturated heterocycles. The van der Waals surface area contributed by atoms with Crippen LogP contribution in [0.4, 0.5) is 5.69 Å². The van der Waals surface area contributed by atoms with Crippen molar-refractivity contribution >= 4 is 33.9 Å². The van der Waals surface area contributed by atoms with Crippen molar-refractivity contribution in [1.29, 1.82) is 0 Å². The Hall–Kier alpha value is -2.73. The molecule has 5 nitrogen and oxygen atoms in total. The summed E-state index contributed by atoms with van der Waals surface area (Å²) in [4.78, 5) is 17.0. The van der Waals surface area contributed by atoms with E-state index >= 15 is 0 Å². The summed E-state index contributed by atoms with van der Waals surface area (Å²) < 4.78 is 1.36. The predicted octanol–water partition coefficient (Wildman–Crippen LogP) is 2.95. The van der Waals surface area contributed by atoms with Crippen molar-refractivity contribution in [2.75, 3.05) is 10.7 Å². The van der Waals surface area contributed by atoms with Crippen molar-refractivity contribution in [2.24, 2.45) is 0 Å². The summed E-state index contributed by atoms with van der Waals surface area (Å²) in [6, 6.07) is 15.0. The average molecular weight is 324 g/mol. The van der Waals surface area contributed by atoms with E-state index in [9.17, 15) is 4.79 Å². The summed E-state index contributed by atoms with van der Waals surface area (Å²) in [5.41, 5.74) is 5.36. The summed E-state index contributed by atoms with van der Waals surface area (Å²) in [7, 11) is 0. The molecule has 0 atom stereocenters. The number of benzene rings is 2. The third-order valence-corrected chi connectivity index (χ3v) is 3.74. The second-order valence-corrected chi connectivity index (χ2v) is 5.61. The van der Waals surface area contributed by atoms with Crippen LogP contribution in [0.25, 0.3) is 10.9 Å². The van der Waals surface area contributed by atoms with E-state index in [0.29, 0.717) is 21.8 Å². The van der Waals surface area contributed by atoms with Gasteiger partial charge in [0.25, 0.3) is 5.56 Å². The Morgan fingerprint density at radius 1 is 1.09 bits per heavy atom. The van der Waals surface area contributed by atoms with Gasteiger partial charge in [-0.1, -0.05) is 30.3 Å². The van der Waals surface area contributed by atoms with E-state index in [1.54, 1.807) is 13.0 Å². The number of aryl methyl sites for hydroxylation is 2. The number of nitrogens with one attached hydrogen (secondary N) is 2. The number of fused-ring (bicyclic) bond motifs is 1. The first-order valence-corrected chi connectivity index (χ1v) is 7.59. The summed E-state index contributed by atoms with van der Waals surface area (Å²) in [5.74, 6) is 0.544. The van der Waals surface area contributed by atoms with E-state index in [2.05, 4.69) is 15.7 Å². The van der Waals surface area contributed by atoms with Gasteiger partial charge in [-0.2, -0.15) is 0 Å². The Kier molecular flexibility index (Phi) is 4.08. The fourth-order valence-electron chi connectivity index (χ4n) is 2.34. The highest BCUT2D eigenvalue weighted by Crippen LogP contribution is 2.13. The molecular weight excluding hydrogens is 308 g/mol. The number of hydrogen-bond acceptors (Lipinski definition) is 3. The molecule has 0 aliphatic carbocycles. The number of rotatable bonds is 2. The third-order valence-electron chi connectivity index (χ3n) is 3.55. The van der Waals surface area contributed by atoms with Crippen LogP contribution in [0.2, 0.25) is 0 Å². The maximum atomic E-state index is 12.6. The van der Waals surface area contributed by atoms with Gasteiger partial charge in [-0.05, 0) is 49.8 Å². The molecule has 2 aromatic carbocycles. The molecule has 0 radical (unpaired) electrons. The molecule has 6 heteroatoms.